The number of nitrogens with zero attached hydrogens (tertiary/aromatic N) is 1. The predicted octanol–water partition coefficient (Wildman–Crippen LogP) is 3.04. The molecule has 1 aromatic heterocycles. The van der Waals surface area contributed by atoms with Crippen molar-refractivity contribution >= 4 is 38.6 Å². The largest absolute Gasteiger partial charge is 0.481 e. The molecule has 2 atom stereocenters. The van der Waals surface area contributed by atoms with E-state index in [9.17, 15) is 9.59 Å². The van der Waals surface area contributed by atoms with E-state index < -0.39 is 11.9 Å². The Bertz CT molecular complexity index is 710. The second-order valence-corrected chi connectivity index (χ2v) is 6.56. The molecule has 1 heterocycles. The molecule has 2 N–H and O–H groups in total. The molecule has 1 aliphatic rings. The van der Waals surface area contributed by atoms with Gasteiger partial charge in [-0.15, -0.1) is 0 Å². The summed E-state index contributed by atoms with van der Waals surface area (Å²) in [5, 5.41) is 12.4. The maximum atomic E-state index is 12.2. The SMILES string of the molecule is Cc1ccc2nc(NC(=O)[C@H]3CC[C@@H](C(=O)O)C3)sc2c1. The minimum Gasteiger partial charge on any atom is -0.481 e. The lowest BCUT2D eigenvalue weighted by Crippen LogP contribution is -2.21. The zero-order valence-electron chi connectivity index (χ0n) is 11.6. The zero-order chi connectivity index (χ0) is 15.0. The van der Waals surface area contributed by atoms with Gasteiger partial charge in [-0.05, 0) is 43.9 Å². The number of amides is 1. The highest BCUT2D eigenvalue weighted by molar-refractivity contribution is 7.22. The number of nitrogens with one attached hydrogen (secondary N) is 1. The first-order valence-electron chi connectivity index (χ1n) is 6.94. The molecule has 0 saturated heterocycles. The number of carbonyl (C=O) groups excluding carboxylic acids is 1. The Morgan fingerprint density at radius 2 is 2.10 bits per heavy atom. The van der Waals surface area contributed by atoms with E-state index in [4.69, 9.17) is 5.11 Å². The number of carboxylic acids is 1. The number of carbonyl (C=O) groups is 2. The number of hydrogen-bond acceptors (Lipinski definition) is 4. The molecule has 21 heavy (non-hydrogen) atoms. The minimum atomic E-state index is -0.805. The fourth-order valence-electron chi connectivity index (χ4n) is 2.74. The molecule has 110 valence electrons. The first-order chi connectivity index (χ1) is 10.0. The Morgan fingerprint density at radius 1 is 1.33 bits per heavy atom. The number of benzene rings is 1. The highest BCUT2D eigenvalue weighted by Crippen LogP contribution is 2.33. The average molecular weight is 304 g/mol. The van der Waals surface area contributed by atoms with Gasteiger partial charge in [0.05, 0.1) is 16.1 Å². The van der Waals surface area contributed by atoms with E-state index in [-0.39, 0.29) is 11.8 Å². The third-order valence-corrected chi connectivity index (χ3v) is 4.86. The Morgan fingerprint density at radius 3 is 2.81 bits per heavy atom. The van der Waals surface area contributed by atoms with Crippen LogP contribution in [0.15, 0.2) is 18.2 Å². The van der Waals surface area contributed by atoms with Crippen molar-refractivity contribution in [2.24, 2.45) is 11.8 Å². The van der Waals surface area contributed by atoms with Crippen molar-refractivity contribution in [3.63, 3.8) is 0 Å². The van der Waals surface area contributed by atoms with E-state index in [1.807, 2.05) is 25.1 Å². The third-order valence-electron chi connectivity index (χ3n) is 3.93. The van der Waals surface area contributed by atoms with Crippen LogP contribution in [0, 0.1) is 18.8 Å². The normalized spacial score (nSPS) is 21.6. The maximum Gasteiger partial charge on any atom is 0.306 e. The maximum absolute atomic E-state index is 12.2. The van der Waals surface area contributed by atoms with Gasteiger partial charge in [0, 0.05) is 5.92 Å². The number of fused-ring (bicyclic) bond motifs is 1. The number of anilines is 1. The number of aryl methyl sites for hydroxylation is 1. The fraction of sp³-hybridized carbons (Fsp3) is 0.400. The molecule has 1 fully saturated rings. The number of aromatic nitrogens is 1. The van der Waals surface area contributed by atoms with Gasteiger partial charge in [-0.2, -0.15) is 0 Å². The van der Waals surface area contributed by atoms with Crippen LogP contribution in [0.3, 0.4) is 0 Å². The average Bonchev–Trinajstić information content (AvgIpc) is 3.03. The van der Waals surface area contributed by atoms with Crippen molar-refractivity contribution in [2.75, 3.05) is 5.32 Å². The third kappa shape index (κ3) is 2.90. The number of hydrogen-bond donors (Lipinski definition) is 2. The molecule has 1 saturated carbocycles. The molecule has 6 heteroatoms. The Hall–Kier alpha value is -1.95. The molecule has 0 unspecified atom stereocenters. The molecule has 5 nitrogen and oxygen atoms in total. The first kappa shape index (κ1) is 14.0. The lowest BCUT2D eigenvalue weighted by Gasteiger charge is -2.08. The summed E-state index contributed by atoms with van der Waals surface area (Å²) in [6, 6.07) is 5.97. The van der Waals surface area contributed by atoms with Crippen LogP contribution in [-0.4, -0.2) is 22.0 Å². The summed E-state index contributed by atoms with van der Waals surface area (Å²) in [4.78, 5) is 27.5. The number of aliphatic carboxylic acids is 1. The van der Waals surface area contributed by atoms with Crippen LogP contribution in [0.5, 0.6) is 0 Å². The van der Waals surface area contributed by atoms with Gasteiger partial charge in [0.1, 0.15) is 0 Å². The van der Waals surface area contributed by atoms with Gasteiger partial charge in [-0.3, -0.25) is 9.59 Å². The van der Waals surface area contributed by atoms with Crippen molar-refractivity contribution < 1.29 is 14.7 Å². The van der Waals surface area contributed by atoms with Gasteiger partial charge < -0.3 is 10.4 Å². The summed E-state index contributed by atoms with van der Waals surface area (Å²) in [5.41, 5.74) is 2.03. The van der Waals surface area contributed by atoms with Crippen LogP contribution in [0.4, 0.5) is 5.13 Å². The summed E-state index contributed by atoms with van der Waals surface area (Å²) in [7, 11) is 0. The summed E-state index contributed by atoms with van der Waals surface area (Å²) >= 11 is 1.45. The fourth-order valence-corrected chi connectivity index (χ4v) is 3.70. The lowest BCUT2D eigenvalue weighted by molar-refractivity contribution is -0.141. The number of thiazole rings is 1. The summed E-state index contributed by atoms with van der Waals surface area (Å²) in [6.07, 6.45) is 1.63. The molecule has 0 aliphatic heterocycles. The van der Waals surface area contributed by atoms with Gasteiger partial charge in [-0.25, -0.2) is 4.98 Å². The molecule has 0 bridgehead atoms. The quantitative estimate of drug-likeness (QED) is 0.913. The molecule has 2 aromatic rings. The smallest absolute Gasteiger partial charge is 0.306 e. The standard InChI is InChI=1S/C15H16N2O3S/c1-8-2-5-11-12(6-8)21-15(16-11)17-13(18)9-3-4-10(7-9)14(19)20/h2,5-6,9-10H,3-4,7H2,1H3,(H,19,20)(H,16,17,18)/t9-,10+/m0/s1. The predicted molar refractivity (Wildman–Crippen MR) is 81.5 cm³/mol. The second-order valence-electron chi connectivity index (χ2n) is 5.52. The summed E-state index contributed by atoms with van der Waals surface area (Å²) in [5.74, 6) is -1.53. The molecule has 1 aromatic carbocycles. The van der Waals surface area contributed by atoms with Crippen molar-refractivity contribution in [3.8, 4) is 0 Å². The number of rotatable bonds is 3. The summed E-state index contributed by atoms with van der Waals surface area (Å²) in [6.45, 7) is 2.02. The van der Waals surface area contributed by atoms with Crippen LogP contribution in [0.1, 0.15) is 24.8 Å². The van der Waals surface area contributed by atoms with E-state index >= 15 is 0 Å². The van der Waals surface area contributed by atoms with Crippen LogP contribution in [0.2, 0.25) is 0 Å². The van der Waals surface area contributed by atoms with Gasteiger partial charge in [0.25, 0.3) is 0 Å². The van der Waals surface area contributed by atoms with Crippen LogP contribution in [-0.2, 0) is 9.59 Å². The van der Waals surface area contributed by atoms with E-state index in [1.54, 1.807) is 0 Å². The molecule has 3 rings (SSSR count). The van der Waals surface area contributed by atoms with Gasteiger partial charge >= 0.3 is 5.97 Å². The highest BCUT2D eigenvalue weighted by atomic mass is 32.1. The monoisotopic (exact) mass is 304 g/mol. The lowest BCUT2D eigenvalue weighted by atomic mass is 10.0. The van der Waals surface area contributed by atoms with Crippen LogP contribution in [0.25, 0.3) is 10.2 Å². The van der Waals surface area contributed by atoms with Crippen LogP contribution >= 0.6 is 11.3 Å². The Kier molecular flexibility index (Phi) is 3.63. The van der Waals surface area contributed by atoms with E-state index in [2.05, 4.69) is 10.3 Å². The Labute approximate surface area is 126 Å². The Balaban J connectivity index is 1.70. The molecule has 1 amide bonds. The van der Waals surface area contributed by atoms with Gasteiger partial charge in [0.15, 0.2) is 5.13 Å². The first-order valence-corrected chi connectivity index (χ1v) is 7.75. The zero-order valence-corrected chi connectivity index (χ0v) is 12.4. The van der Waals surface area contributed by atoms with Crippen molar-refractivity contribution in [3.05, 3.63) is 23.8 Å². The molecular weight excluding hydrogens is 288 g/mol. The van der Waals surface area contributed by atoms with E-state index in [1.165, 1.54) is 11.3 Å². The van der Waals surface area contributed by atoms with Crippen molar-refractivity contribution in [2.45, 2.75) is 26.2 Å². The van der Waals surface area contributed by atoms with Gasteiger partial charge in [-0.1, -0.05) is 17.4 Å². The topological polar surface area (TPSA) is 79.3 Å². The van der Waals surface area contributed by atoms with Crippen LogP contribution < -0.4 is 5.32 Å². The van der Waals surface area contributed by atoms with Gasteiger partial charge in [0.2, 0.25) is 5.91 Å². The second kappa shape index (κ2) is 5.44. The van der Waals surface area contributed by atoms with Crippen molar-refractivity contribution in [1.29, 1.82) is 0 Å². The summed E-state index contributed by atoms with van der Waals surface area (Å²) < 4.78 is 1.04. The van der Waals surface area contributed by atoms with E-state index in [0.29, 0.717) is 24.4 Å². The number of carboxylic acid groups (broad SMARTS) is 1. The molecule has 0 radical (unpaired) electrons. The van der Waals surface area contributed by atoms with E-state index in [0.717, 1.165) is 15.8 Å². The molecule has 1 aliphatic carbocycles. The molecular formula is C15H16N2O3S. The highest BCUT2D eigenvalue weighted by Gasteiger charge is 2.34. The van der Waals surface area contributed by atoms with Crippen molar-refractivity contribution in [1.82, 2.24) is 4.98 Å². The minimum absolute atomic E-state index is 0.116. The molecule has 0 spiro atoms.